The summed E-state index contributed by atoms with van der Waals surface area (Å²) in [5.74, 6) is 1.72. The maximum atomic E-state index is 11.7. The Morgan fingerprint density at radius 2 is 1.82 bits per heavy atom. The lowest BCUT2D eigenvalue weighted by atomic mass is 9.96. The molecule has 0 saturated carbocycles. The third-order valence-electron chi connectivity index (χ3n) is 6.70. The Balaban J connectivity index is 0.000000191. The third kappa shape index (κ3) is 6.65. The van der Waals surface area contributed by atoms with Crippen molar-refractivity contribution in [2.45, 2.75) is 51.9 Å². The van der Waals surface area contributed by atoms with E-state index in [1.54, 1.807) is 30.4 Å². The number of nitrogens with one attached hydrogen (secondary N) is 2. The summed E-state index contributed by atoms with van der Waals surface area (Å²) in [5.41, 5.74) is 2.28. The number of carbonyl (C=O) groups excluding carboxylic acids is 2. The zero-order valence-corrected chi connectivity index (χ0v) is 20.4. The Morgan fingerprint density at radius 3 is 2.35 bits per heavy atom. The zero-order chi connectivity index (χ0) is 24.5. The Hall–Kier alpha value is -3.23. The van der Waals surface area contributed by atoms with Crippen molar-refractivity contribution in [2.75, 3.05) is 38.1 Å². The first-order chi connectivity index (χ1) is 16.4. The summed E-state index contributed by atoms with van der Waals surface area (Å²) in [6.45, 7) is 7.89. The number of aryl methyl sites for hydroxylation is 1. The number of pyridine rings is 1. The standard InChI is InChI=1S/C13H19N3O.C12H17N3O2/c1-10-5-7-16(8-6-10)11-3-4-12(15-9-11)13(17)14-2;1-2-9-7-13-11(14-12(9)17)10-3-5-15(8-16)6-4-10/h3-4,9-10H,5-8H2,1-2H3,(H,14,17);7-8,10H,2-6H2,1H3,(H,13,14,17). The van der Waals surface area contributed by atoms with Gasteiger partial charge in [-0.3, -0.25) is 14.4 Å². The molecule has 184 valence electrons. The molecule has 0 radical (unpaired) electrons. The number of rotatable bonds is 5. The SMILES string of the molecule is CCc1cnc(C2CCN(C=O)CC2)[nH]c1=O.CNC(=O)c1ccc(N2CCC(C)CC2)cn1. The summed E-state index contributed by atoms with van der Waals surface area (Å²) in [7, 11) is 1.62. The largest absolute Gasteiger partial charge is 0.370 e. The van der Waals surface area contributed by atoms with Crippen molar-refractivity contribution in [3.8, 4) is 0 Å². The Bertz CT molecular complexity index is 990. The number of hydrogen-bond donors (Lipinski definition) is 2. The number of H-pyrrole nitrogens is 1. The van der Waals surface area contributed by atoms with Crippen LogP contribution in [0.15, 0.2) is 29.3 Å². The molecule has 2 aromatic heterocycles. The predicted octanol–water partition coefficient (Wildman–Crippen LogP) is 2.35. The van der Waals surface area contributed by atoms with E-state index in [9.17, 15) is 14.4 Å². The molecule has 2 amide bonds. The second-order valence-electron chi connectivity index (χ2n) is 9.04. The second-order valence-corrected chi connectivity index (χ2v) is 9.04. The molecule has 0 unspecified atom stereocenters. The lowest BCUT2D eigenvalue weighted by Crippen LogP contribution is -2.32. The highest BCUT2D eigenvalue weighted by molar-refractivity contribution is 5.92. The van der Waals surface area contributed by atoms with E-state index in [4.69, 9.17) is 0 Å². The first kappa shape index (κ1) is 25.4. The van der Waals surface area contributed by atoms with E-state index in [2.05, 4.69) is 32.1 Å². The molecule has 2 aliphatic heterocycles. The van der Waals surface area contributed by atoms with Crippen LogP contribution in [0.25, 0.3) is 0 Å². The molecule has 0 spiro atoms. The summed E-state index contributed by atoms with van der Waals surface area (Å²) in [4.78, 5) is 49.1. The van der Waals surface area contributed by atoms with Gasteiger partial charge in [-0.05, 0) is 50.2 Å². The van der Waals surface area contributed by atoms with Gasteiger partial charge in [0.05, 0.1) is 11.9 Å². The quantitative estimate of drug-likeness (QED) is 0.652. The summed E-state index contributed by atoms with van der Waals surface area (Å²) < 4.78 is 0. The highest BCUT2D eigenvalue weighted by atomic mass is 16.2. The summed E-state index contributed by atoms with van der Waals surface area (Å²) in [6.07, 6.45) is 9.24. The average molecular weight is 469 g/mol. The number of hydrogen-bond acceptors (Lipinski definition) is 6. The number of aromatic amines is 1. The minimum Gasteiger partial charge on any atom is -0.370 e. The van der Waals surface area contributed by atoms with Gasteiger partial charge in [0.15, 0.2) is 0 Å². The molecule has 4 heterocycles. The fourth-order valence-electron chi connectivity index (χ4n) is 4.27. The fourth-order valence-corrected chi connectivity index (χ4v) is 4.27. The van der Waals surface area contributed by atoms with Gasteiger partial charge >= 0.3 is 0 Å². The van der Waals surface area contributed by atoms with Crippen LogP contribution in [0.5, 0.6) is 0 Å². The topological polar surface area (TPSA) is 111 Å². The first-order valence-electron chi connectivity index (χ1n) is 12.2. The van der Waals surface area contributed by atoms with E-state index < -0.39 is 0 Å². The molecule has 0 bridgehead atoms. The molecular weight excluding hydrogens is 432 g/mol. The predicted molar refractivity (Wildman–Crippen MR) is 132 cm³/mol. The Kier molecular flexibility index (Phi) is 9.18. The normalized spacial score (nSPS) is 17.0. The molecule has 4 rings (SSSR count). The van der Waals surface area contributed by atoms with Crippen LogP contribution in [0.1, 0.15) is 67.3 Å². The number of likely N-dealkylation sites (tertiary alicyclic amines) is 1. The highest BCUT2D eigenvalue weighted by Crippen LogP contribution is 2.24. The fraction of sp³-hybridized carbons (Fsp3) is 0.560. The van der Waals surface area contributed by atoms with Gasteiger partial charge < -0.3 is 20.1 Å². The van der Waals surface area contributed by atoms with E-state index in [0.29, 0.717) is 12.1 Å². The highest BCUT2D eigenvalue weighted by Gasteiger charge is 2.21. The van der Waals surface area contributed by atoms with Gasteiger partial charge in [-0.15, -0.1) is 0 Å². The van der Waals surface area contributed by atoms with E-state index in [1.165, 1.54) is 12.8 Å². The van der Waals surface area contributed by atoms with Crippen LogP contribution >= 0.6 is 0 Å². The molecule has 0 aromatic carbocycles. The van der Waals surface area contributed by atoms with Gasteiger partial charge in [0.2, 0.25) is 6.41 Å². The van der Waals surface area contributed by atoms with Crippen LogP contribution in [0, 0.1) is 5.92 Å². The number of amides is 2. The monoisotopic (exact) mass is 468 g/mol. The van der Waals surface area contributed by atoms with Crippen molar-refractivity contribution in [1.29, 1.82) is 0 Å². The molecule has 0 aliphatic carbocycles. The van der Waals surface area contributed by atoms with Crippen molar-refractivity contribution < 1.29 is 9.59 Å². The molecule has 2 N–H and O–H groups in total. The van der Waals surface area contributed by atoms with Crippen LogP contribution in [-0.4, -0.2) is 65.4 Å². The van der Waals surface area contributed by atoms with E-state index in [0.717, 1.165) is 68.4 Å². The zero-order valence-electron chi connectivity index (χ0n) is 20.4. The van der Waals surface area contributed by atoms with Crippen molar-refractivity contribution in [1.82, 2.24) is 25.2 Å². The van der Waals surface area contributed by atoms with Gasteiger partial charge in [0, 0.05) is 50.9 Å². The number of piperidine rings is 2. The lowest BCUT2D eigenvalue weighted by Gasteiger charge is -2.31. The maximum absolute atomic E-state index is 11.7. The Morgan fingerprint density at radius 1 is 1.12 bits per heavy atom. The maximum Gasteiger partial charge on any atom is 0.269 e. The molecular formula is C25H36N6O3. The van der Waals surface area contributed by atoms with E-state index >= 15 is 0 Å². The van der Waals surface area contributed by atoms with Crippen molar-refractivity contribution >= 4 is 18.0 Å². The molecule has 2 saturated heterocycles. The average Bonchev–Trinajstić information content (AvgIpc) is 2.89. The minimum atomic E-state index is -0.135. The van der Waals surface area contributed by atoms with Gasteiger partial charge in [-0.1, -0.05) is 13.8 Å². The van der Waals surface area contributed by atoms with Crippen LogP contribution < -0.4 is 15.8 Å². The van der Waals surface area contributed by atoms with Crippen LogP contribution in [-0.2, 0) is 11.2 Å². The number of nitrogens with zero attached hydrogens (tertiary/aromatic N) is 4. The third-order valence-corrected chi connectivity index (χ3v) is 6.70. The molecule has 34 heavy (non-hydrogen) atoms. The van der Waals surface area contributed by atoms with Crippen molar-refractivity contribution in [2.24, 2.45) is 5.92 Å². The number of anilines is 1. The molecule has 9 heteroatoms. The number of aromatic nitrogens is 3. The molecule has 2 fully saturated rings. The first-order valence-corrected chi connectivity index (χ1v) is 12.2. The van der Waals surface area contributed by atoms with E-state index in [1.807, 2.05) is 13.0 Å². The van der Waals surface area contributed by atoms with Gasteiger partial charge in [0.25, 0.3) is 11.5 Å². The van der Waals surface area contributed by atoms with Gasteiger partial charge in [-0.25, -0.2) is 9.97 Å². The molecule has 2 aromatic rings. The molecule has 0 atom stereocenters. The van der Waals surface area contributed by atoms with Gasteiger partial charge in [0.1, 0.15) is 11.5 Å². The molecule has 2 aliphatic rings. The summed E-state index contributed by atoms with van der Waals surface area (Å²) >= 11 is 0. The lowest BCUT2D eigenvalue weighted by molar-refractivity contribution is -0.119. The Labute approximate surface area is 201 Å². The van der Waals surface area contributed by atoms with Crippen LogP contribution in [0.4, 0.5) is 5.69 Å². The van der Waals surface area contributed by atoms with Crippen LogP contribution in [0.2, 0.25) is 0 Å². The van der Waals surface area contributed by atoms with E-state index in [-0.39, 0.29) is 17.4 Å². The second kappa shape index (κ2) is 12.3. The van der Waals surface area contributed by atoms with Crippen molar-refractivity contribution in [3.05, 3.63) is 52.0 Å². The smallest absolute Gasteiger partial charge is 0.269 e. The minimum absolute atomic E-state index is 0.0321. The van der Waals surface area contributed by atoms with Crippen molar-refractivity contribution in [3.63, 3.8) is 0 Å². The number of carbonyl (C=O) groups is 2. The van der Waals surface area contributed by atoms with Crippen LogP contribution in [0.3, 0.4) is 0 Å². The summed E-state index contributed by atoms with van der Waals surface area (Å²) in [5, 5.41) is 2.57. The summed E-state index contributed by atoms with van der Waals surface area (Å²) in [6, 6.07) is 3.76. The van der Waals surface area contributed by atoms with Gasteiger partial charge in [-0.2, -0.15) is 0 Å². The molecule has 9 nitrogen and oxygen atoms in total.